The van der Waals surface area contributed by atoms with Gasteiger partial charge in [0.05, 0.1) is 12.1 Å². The van der Waals surface area contributed by atoms with E-state index in [-0.39, 0.29) is 18.0 Å². The van der Waals surface area contributed by atoms with Crippen molar-refractivity contribution in [3.8, 4) is 5.75 Å². The van der Waals surface area contributed by atoms with Crippen molar-refractivity contribution in [2.75, 3.05) is 0 Å². The fourth-order valence-corrected chi connectivity index (χ4v) is 2.59. The summed E-state index contributed by atoms with van der Waals surface area (Å²) in [5.74, 6) is 6.15. The highest BCUT2D eigenvalue weighted by molar-refractivity contribution is 9.10. The lowest BCUT2D eigenvalue weighted by Crippen LogP contribution is -2.29. The minimum atomic E-state index is -0.303. The Bertz CT molecular complexity index is 602. The second-order valence-electron chi connectivity index (χ2n) is 5.00. The van der Waals surface area contributed by atoms with Crippen LogP contribution in [0.5, 0.6) is 5.75 Å². The predicted molar refractivity (Wildman–Crippen MR) is 85.5 cm³/mol. The van der Waals surface area contributed by atoms with Crippen LogP contribution in [0.1, 0.15) is 31.0 Å². The molecule has 1 atom stereocenters. The van der Waals surface area contributed by atoms with Crippen LogP contribution >= 0.6 is 15.9 Å². The minimum absolute atomic E-state index is 0.122. The maximum Gasteiger partial charge on any atom is 0.123 e. The molecule has 0 spiro atoms. The molecule has 0 heterocycles. The summed E-state index contributed by atoms with van der Waals surface area (Å²) in [6.07, 6.45) is 0.122. The zero-order valence-corrected chi connectivity index (χ0v) is 13.5. The summed E-state index contributed by atoms with van der Waals surface area (Å²) >= 11 is 3.43. The van der Waals surface area contributed by atoms with Gasteiger partial charge in [0.2, 0.25) is 0 Å². The van der Waals surface area contributed by atoms with Crippen molar-refractivity contribution in [1.82, 2.24) is 5.43 Å². The van der Waals surface area contributed by atoms with E-state index in [1.807, 2.05) is 38.1 Å². The fraction of sp³-hybridized carbons (Fsp3) is 0.250. The minimum Gasteiger partial charge on any atom is -0.491 e. The molecule has 0 aliphatic carbocycles. The molecular formula is C16H18BrFN2O. The molecule has 0 bridgehead atoms. The van der Waals surface area contributed by atoms with Crippen molar-refractivity contribution >= 4 is 15.9 Å². The van der Waals surface area contributed by atoms with E-state index in [4.69, 9.17) is 10.6 Å². The number of benzene rings is 2. The molecule has 2 aromatic rings. The first-order chi connectivity index (χ1) is 10.0. The Labute approximate surface area is 132 Å². The van der Waals surface area contributed by atoms with Crippen LogP contribution in [0.25, 0.3) is 0 Å². The molecule has 3 N–H and O–H groups in total. The van der Waals surface area contributed by atoms with E-state index in [2.05, 4.69) is 21.4 Å². The molecule has 0 saturated carbocycles. The summed E-state index contributed by atoms with van der Waals surface area (Å²) in [5.41, 5.74) is 4.40. The molecule has 5 heteroatoms. The van der Waals surface area contributed by atoms with Gasteiger partial charge in [-0.05, 0) is 55.3 Å². The quantitative estimate of drug-likeness (QED) is 0.633. The maximum absolute atomic E-state index is 13.5. The van der Waals surface area contributed by atoms with Crippen LogP contribution in [0.4, 0.5) is 4.39 Å². The third kappa shape index (κ3) is 4.03. The van der Waals surface area contributed by atoms with Gasteiger partial charge in [-0.3, -0.25) is 5.84 Å². The molecule has 1 unspecified atom stereocenters. The van der Waals surface area contributed by atoms with Gasteiger partial charge in [0.15, 0.2) is 0 Å². The normalized spacial score (nSPS) is 12.5. The zero-order valence-electron chi connectivity index (χ0n) is 11.9. The van der Waals surface area contributed by atoms with Crippen LogP contribution in [0.3, 0.4) is 0 Å². The Morgan fingerprint density at radius 1 is 1.14 bits per heavy atom. The van der Waals surface area contributed by atoms with Crippen LogP contribution < -0.4 is 16.0 Å². The molecule has 112 valence electrons. The molecule has 0 aliphatic heterocycles. The highest BCUT2D eigenvalue weighted by Gasteiger charge is 2.16. The number of hydrogen-bond donors (Lipinski definition) is 2. The van der Waals surface area contributed by atoms with Gasteiger partial charge >= 0.3 is 0 Å². The smallest absolute Gasteiger partial charge is 0.123 e. The lowest BCUT2D eigenvalue weighted by atomic mass is 9.99. The van der Waals surface area contributed by atoms with Crippen molar-refractivity contribution in [2.45, 2.75) is 26.0 Å². The summed E-state index contributed by atoms with van der Waals surface area (Å²) in [5, 5.41) is 0. The lowest BCUT2D eigenvalue weighted by Gasteiger charge is -2.19. The fourth-order valence-electron chi connectivity index (χ4n) is 2.11. The Kier molecular flexibility index (Phi) is 5.33. The van der Waals surface area contributed by atoms with Gasteiger partial charge < -0.3 is 4.74 Å². The van der Waals surface area contributed by atoms with E-state index >= 15 is 0 Å². The average Bonchev–Trinajstić information content (AvgIpc) is 2.44. The second-order valence-corrected chi connectivity index (χ2v) is 5.86. The number of nitrogens with one attached hydrogen (secondary N) is 1. The van der Waals surface area contributed by atoms with Crippen LogP contribution in [-0.2, 0) is 0 Å². The molecule has 2 aromatic carbocycles. The Morgan fingerprint density at radius 2 is 1.81 bits per heavy atom. The van der Waals surface area contributed by atoms with E-state index in [0.29, 0.717) is 0 Å². The van der Waals surface area contributed by atoms with Gasteiger partial charge in [0, 0.05) is 4.47 Å². The van der Waals surface area contributed by atoms with Crippen molar-refractivity contribution in [3.05, 3.63) is 63.9 Å². The monoisotopic (exact) mass is 352 g/mol. The second kappa shape index (κ2) is 7.02. The van der Waals surface area contributed by atoms with Gasteiger partial charge in [-0.25, -0.2) is 9.82 Å². The number of ether oxygens (including phenoxy) is 1. The Balaban J connectivity index is 2.31. The van der Waals surface area contributed by atoms with Gasteiger partial charge in [-0.1, -0.05) is 28.1 Å². The molecule has 3 nitrogen and oxygen atoms in total. The molecule has 21 heavy (non-hydrogen) atoms. The first kappa shape index (κ1) is 15.9. The Hall–Kier alpha value is -1.43. The SMILES string of the molecule is CC(C)Oc1ccc(C(NN)c2cc(F)ccc2Br)cc1. The summed E-state index contributed by atoms with van der Waals surface area (Å²) in [6, 6.07) is 11.8. The summed E-state index contributed by atoms with van der Waals surface area (Å²) < 4.78 is 19.9. The molecule has 0 saturated heterocycles. The first-order valence-electron chi connectivity index (χ1n) is 6.69. The molecule has 0 aromatic heterocycles. The van der Waals surface area contributed by atoms with Gasteiger partial charge in [-0.2, -0.15) is 0 Å². The van der Waals surface area contributed by atoms with Crippen molar-refractivity contribution in [2.24, 2.45) is 5.84 Å². The van der Waals surface area contributed by atoms with Crippen molar-refractivity contribution < 1.29 is 9.13 Å². The topological polar surface area (TPSA) is 47.3 Å². The Morgan fingerprint density at radius 3 is 2.38 bits per heavy atom. The van der Waals surface area contributed by atoms with Crippen LogP contribution in [0.15, 0.2) is 46.9 Å². The number of nitrogens with two attached hydrogens (primary N) is 1. The molecule has 0 radical (unpaired) electrons. The number of halogens is 2. The van der Waals surface area contributed by atoms with E-state index in [1.54, 1.807) is 6.07 Å². The summed E-state index contributed by atoms with van der Waals surface area (Å²) in [6.45, 7) is 3.95. The van der Waals surface area contributed by atoms with Gasteiger partial charge in [0.1, 0.15) is 11.6 Å². The van der Waals surface area contributed by atoms with E-state index in [0.717, 1.165) is 21.3 Å². The molecule has 0 fully saturated rings. The highest BCUT2D eigenvalue weighted by Crippen LogP contribution is 2.29. The average molecular weight is 353 g/mol. The maximum atomic E-state index is 13.5. The van der Waals surface area contributed by atoms with E-state index < -0.39 is 0 Å². The highest BCUT2D eigenvalue weighted by atomic mass is 79.9. The molecule has 0 aliphatic rings. The molecular weight excluding hydrogens is 335 g/mol. The van der Waals surface area contributed by atoms with Crippen LogP contribution in [0, 0.1) is 5.82 Å². The predicted octanol–water partition coefficient (Wildman–Crippen LogP) is 3.93. The number of rotatable bonds is 5. The number of hydrazine groups is 1. The number of hydrogen-bond acceptors (Lipinski definition) is 3. The summed E-state index contributed by atoms with van der Waals surface area (Å²) in [7, 11) is 0. The lowest BCUT2D eigenvalue weighted by molar-refractivity contribution is 0.242. The van der Waals surface area contributed by atoms with E-state index in [9.17, 15) is 4.39 Å². The zero-order chi connectivity index (χ0) is 15.4. The van der Waals surface area contributed by atoms with Crippen LogP contribution in [-0.4, -0.2) is 6.10 Å². The van der Waals surface area contributed by atoms with Gasteiger partial charge in [-0.15, -0.1) is 0 Å². The van der Waals surface area contributed by atoms with Crippen molar-refractivity contribution in [3.63, 3.8) is 0 Å². The van der Waals surface area contributed by atoms with Crippen molar-refractivity contribution in [1.29, 1.82) is 0 Å². The third-order valence-electron chi connectivity index (χ3n) is 3.02. The largest absolute Gasteiger partial charge is 0.491 e. The summed E-state index contributed by atoms with van der Waals surface area (Å²) in [4.78, 5) is 0. The molecule has 2 rings (SSSR count). The first-order valence-corrected chi connectivity index (χ1v) is 7.48. The molecule has 0 amide bonds. The van der Waals surface area contributed by atoms with Crippen LogP contribution in [0.2, 0.25) is 0 Å². The van der Waals surface area contributed by atoms with E-state index in [1.165, 1.54) is 12.1 Å². The third-order valence-corrected chi connectivity index (χ3v) is 3.74. The van der Waals surface area contributed by atoms with Gasteiger partial charge in [0.25, 0.3) is 0 Å². The standard InChI is InChI=1S/C16H18BrFN2O/c1-10(2)21-13-6-3-11(4-7-13)16(20-19)14-9-12(18)5-8-15(14)17/h3-10,16,20H,19H2,1-2H3.